The van der Waals surface area contributed by atoms with Crippen LogP contribution in [0.5, 0.6) is 0 Å². The standard InChI is InChI=1S/C7H7F3N4OS/c8-7(9,10)4-1-6(16)14-5(11-4)2-13(3-15)12-14/h1-2,11-12,15H,3H2. The van der Waals surface area contributed by atoms with Gasteiger partial charge in [0, 0.05) is 6.08 Å². The van der Waals surface area contributed by atoms with Crippen LogP contribution in [0.2, 0.25) is 0 Å². The second-order valence-electron chi connectivity index (χ2n) is 3.08. The molecule has 3 N–H and O–H groups in total. The molecule has 0 amide bonds. The SMILES string of the molecule is OCN1C=C2NC(C(F)(F)F)=CC(=S)N2N1. The number of hydrazine groups is 2. The maximum atomic E-state index is 12.4. The fourth-order valence-corrected chi connectivity index (χ4v) is 1.52. The minimum atomic E-state index is -4.48. The molecule has 0 saturated carbocycles. The number of hydrogen-bond acceptors (Lipinski definition) is 5. The summed E-state index contributed by atoms with van der Waals surface area (Å²) in [5, 5.41) is 13.4. The smallest absolute Gasteiger partial charge is 0.375 e. The van der Waals surface area contributed by atoms with Crippen LogP contribution in [0.15, 0.2) is 23.8 Å². The van der Waals surface area contributed by atoms with E-state index in [0.717, 1.165) is 6.08 Å². The van der Waals surface area contributed by atoms with Crippen LogP contribution in [0.3, 0.4) is 0 Å². The van der Waals surface area contributed by atoms with E-state index < -0.39 is 11.9 Å². The molecule has 0 radical (unpaired) electrons. The number of hydrogen-bond donors (Lipinski definition) is 3. The Morgan fingerprint density at radius 1 is 1.44 bits per heavy atom. The Kier molecular flexibility index (Phi) is 2.52. The van der Waals surface area contributed by atoms with Gasteiger partial charge in [0.15, 0.2) is 0 Å². The molecule has 0 spiro atoms. The molecule has 16 heavy (non-hydrogen) atoms. The molecule has 0 unspecified atom stereocenters. The number of thiocarbonyl (C=S) groups is 1. The van der Waals surface area contributed by atoms with E-state index in [-0.39, 0.29) is 17.5 Å². The van der Waals surface area contributed by atoms with E-state index in [1.165, 1.54) is 16.2 Å². The van der Waals surface area contributed by atoms with Crippen LogP contribution < -0.4 is 10.9 Å². The number of aliphatic hydroxyl groups excluding tert-OH is 1. The molecule has 0 fully saturated rings. The number of aliphatic hydroxyl groups is 1. The van der Waals surface area contributed by atoms with E-state index in [2.05, 4.69) is 10.9 Å². The molecule has 5 nitrogen and oxygen atoms in total. The van der Waals surface area contributed by atoms with Crippen molar-refractivity contribution < 1.29 is 18.3 Å². The summed E-state index contributed by atoms with van der Waals surface area (Å²) in [7, 11) is 0. The van der Waals surface area contributed by atoms with Gasteiger partial charge in [0.05, 0.1) is 6.20 Å². The van der Waals surface area contributed by atoms with Gasteiger partial charge in [-0.3, -0.25) is 5.01 Å². The van der Waals surface area contributed by atoms with Crippen molar-refractivity contribution in [2.45, 2.75) is 6.18 Å². The van der Waals surface area contributed by atoms with E-state index in [1.54, 1.807) is 0 Å². The monoisotopic (exact) mass is 252 g/mol. The Balaban J connectivity index is 2.26. The molecule has 2 heterocycles. The summed E-state index contributed by atoms with van der Waals surface area (Å²) in [5.74, 6) is 0.119. The third-order valence-electron chi connectivity index (χ3n) is 1.96. The van der Waals surface area contributed by atoms with Crippen LogP contribution in [-0.4, -0.2) is 33.0 Å². The highest BCUT2D eigenvalue weighted by atomic mass is 32.1. The van der Waals surface area contributed by atoms with Crippen LogP contribution >= 0.6 is 12.2 Å². The van der Waals surface area contributed by atoms with Crippen molar-refractivity contribution in [3.8, 4) is 0 Å². The normalized spacial score (nSPS) is 20.4. The first-order valence-electron chi connectivity index (χ1n) is 4.17. The highest BCUT2D eigenvalue weighted by Crippen LogP contribution is 2.28. The molecular formula is C7H7F3N4OS. The first kappa shape index (κ1) is 11.2. The molecule has 2 rings (SSSR count). The van der Waals surface area contributed by atoms with Crippen molar-refractivity contribution in [2.75, 3.05) is 6.73 Å². The topological polar surface area (TPSA) is 50.8 Å². The average Bonchev–Trinajstić information content (AvgIpc) is 2.59. The van der Waals surface area contributed by atoms with Crippen LogP contribution in [0, 0.1) is 0 Å². The molecule has 0 saturated heterocycles. The molecule has 0 aromatic heterocycles. The molecular weight excluding hydrogens is 245 g/mol. The van der Waals surface area contributed by atoms with Crippen molar-refractivity contribution in [3.63, 3.8) is 0 Å². The lowest BCUT2D eigenvalue weighted by Gasteiger charge is -2.28. The third kappa shape index (κ3) is 1.84. The lowest BCUT2D eigenvalue weighted by molar-refractivity contribution is -0.0967. The van der Waals surface area contributed by atoms with Gasteiger partial charge in [0.25, 0.3) is 0 Å². The maximum Gasteiger partial charge on any atom is 0.431 e. The van der Waals surface area contributed by atoms with Crippen molar-refractivity contribution in [3.05, 3.63) is 23.8 Å². The van der Waals surface area contributed by atoms with Gasteiger partial charge in [-0.25, -0.2) is 5.01 Å². The number of alkyl halides is 3. The Morgan fingerprint density at radius 3 is 2.69 bits per heavy atom. The van der Waals surface area contributed by atoms with Crippen molar-refractivity contribution in [2.24, 2.45) is 0 Å². The fourth-order valence-electron chi connectivity index (χ4n) is 1.26. The third-order valence-corrected chi connectivity index (χ3v) is 2.26. The number of allylic oxidation sites excluding steroid dienone is 1. The van der Waals surface area contributed by atoms with Gasteiger partial charge >= 0.3 is 6.18 Å². The summed E-state index contributed by atoms with van der Waals surface area (Å²) in [6.45, 7) is -0.383. The van der Waals surface area contributed by atoms with E-state index in [9.17, 15) is 13.2 Å². The second-order valence-corrected chi connectivity index (χ2v) is 3.50. The highest BCUT2D eigenvalue weighted by molar-refractivity contribution is 7.80. The Morgan fingerprint density at radius 2 is 2.12 bits per heavy atom. The first-order chi connectivity index (χ1) is 7.41. The van der Waals surface area contributed by atoms with E-state index in [0.29, 0.717) is 0 Å². The van der Waals surface area contributed by atoms with Crippen LogP contribution in [0.1, 0.15) is 0 Å². The van der Waals surface area contributed by atoms with Gasteiger partial charge in [0.1, 0.15) is 23.2 Å². The van der Waals surface area contributed by atoms with Gasteiger partial charge in [-0.15, -0.1) is 5.53 Å². The van der Waals surface area contributed by atoms with Crippen molar-refractivity contribution >= 4 is 17.2 Å². The zero-order valence-electron chi connectivity index (χ0n) is 7.75. The second kappa shape index (κ2) is 3.61. The number of rotatable bonds is 1. The molecule has 9 heteroatoms. The maximum absolute atomic E-state index is 12.4. The molecule has 2 aliphatic heterocycles. The molecule has 0 atom stereocenters. The minimum Gasteiger partial charge on any atom is -0.375 e. The van der Waals surface area contributed by atoms with Gasteiger partial charge in [-0.2, -0.15) is 13.2 Å². The Labute approximate surface area is 93.7 Å². The zero-order valence-corrected chi connectivity index (χ0v) is 8.56. The fraction of sp³-hybridized carbons (Fsp3) is 0.286. The van der Waals surface area contributed by atoms with Crippen LogP contribution in [-0.2, 0) is 0 Å². The van der Waals surface area contributed by atoms with Crippen LogP contribution in [0.25, 0.3) is 0 Å². The number of fused-ring (bicyclic) bond motifs is 1. The zero-order chi connectivity index (χ0) is 11.9. The van der Waals surface area contributed by atoms with Gasteiger partial charge in [-0.05, 0) is 0 Å². The van der Waals surface area contributed by atoms with Crippen molar-refractivity contribution in [1.82, 2.24) is 20.9 Å². The largest absolute Gasteiger partial charge is 0.431 e. The van der Waals surface area contributed by atoms with Crippen LogP contribution in [0.4, 0.5) is 13.2 Å². The summed E-state index contributed by atoms with van der Waals surface area (Å²) in [6.07, 6.45) is -2.39. The number of nitrogens with zero attached hydrogens (tertiary/aromatic N) is 2. The van der Waals surface area contributed by atoms with Crippen molar-refractivity contribution in [1.29, 1.82) is 0 Å². The first-order valence-corrected chi connectivity index (χ1v) is 4.58. The summed E-state index contributed by atoms with van der Waals surface area (Å²) in [6, 6.07) is 0. The van der Waals surface area contributed by atoms with E-state index in [4.69, 9.17) is 17.3 Å². The van der Waals surface area contributed by atoms with Gasteiger partial charge in [0.2, 0.25) is 0 Å². The Bertz CT molecular complexity index is 392. The predicted octanol–water partition coefficient (Wildman–Crippen LogP) is 0.149. The molecule has 0 aromatic carbocycles. The minimum absolute atomic E-state index is 0.0340. The molecule has 2 aliphatic rings. The molecule has 0 aromatic rings. The molecule has 88 valence electrons. The summed E-state index contributed by atoms with van der Waals surface area (Å²) < 4.78 is 37.3. The van der Waals surface area contributed by atoms with E-state index in [1.807, 2.05) is 0 Å². The lowest BCUT2D eigenvalue weighted by atomic mass is 10.3. The highest BCUT2D eigenvalue weighted by Gasteiger charge is 2.39. The Hall–Kier alpha value is -1.32. The predicted molar refractivity (Wildman–Crippen MR) is 51.9 cm³/mol. The average molecular weight is 252 g/mol. The lowest BCUT2D eigenvalue weighted by Crippen LogP contribution is -2.48. The van der Waals surface area contributed by atoms with Gasteiger partial charge < -0.3 is 10.4 Å². The summed E-state index contributed by atoms with van der Waals surface area (Å²) in [5.41, 5.74) is 1.64. The number of halogens is 3. The number of nitrogens with one attached hydrogen (secondary N) is 2. The molecule has 0 aliphatic carbocycles. The van der Waals surface area contributed by atoms with Gasteiger partial charge in [-0.1, -0.05) is 12.2 Å². The summed E-state index contributed by atoms with van der Waals surface area (Å²) >= 11 is 4.79. The quantitative estimate of drug-likeness (QED) is 0.578. The van der Waals surface area contributed by atoms with E-state index >= 15 is 0 Å². The summed E-state index contributed by atoms with van der Waals surface area (Å²) in [4.78, 5) is -0.0340. The molecule has 0 bridgehead atoms.